The Kier molecular flexibility index (Phi) is 31.2. The minimum Gasteiger partial charge on any atom is -0.462 e. The number of methoxy groups -OCH3 is 1. The average molecular weight is 1120 g/mol. The maximum absolute atomic E-state index is 13.1. The molecule has 4 aliphatic carbocycles. The van der Waals surface area contributed by atoms with Crippen LogP contribution in [0.3, 0.4) is 0 Å². The van der Waals surface area contributed by atoms with Crippen molar-refractivity contribution in [2.24, 2.45) is 46.3 Å². The largest absolute Gasteiger partial charge is 0.472 e. The molecule has 0 bridgehead atoms. The Labute approximate surface area is 462 Å². The van der Waals surface area contributed by atoms with Crippen LogP contribution in [0, 0.1) is 46.3 Å². The van der Waals surface area contributed by atoms with Crippen LogP contribution >= 0.6 is 7.82 Å². The Balaban J connectivity index is 1.10. The van der Waals surface area contributed by atoms with Gasteiger partial charge in [0.15, 0.2) is 6.10 Å². The number of rotatable bonds is 43. The first-order chi connectivity index (χ1) is 36.8. The molecule has 0 heterocycles. The van der Waals surface area contributed by atoms with Gasteiger partial charge in [-0.1, -0.05) is 65.5 Å². The zero-order chi connectivity index (χ0) is 56.2. The number of fused-ring (bicyclic) bond motifs is 5. The van der Waals surface area contributed by atoms with Gasteiger partial charge in [-0.15, -0.1) is 0 Å². The molecular formula is C57H103NO18P+. The number of carbonyl (C=O) groups excluding carboxylic acids is 3. The second-order valence-corrected chi connectivity index (χ2v) is 25.0. The van der Waals surface area contributed by atoms with E-state index in [1.807, 2.05) is 21.1 Å². The van der Waals surface area contributed by atoms with Gasteiger partial charge in [-0.3, -0.25) is 23.4 Å². The molecule has 0 spiro atoms. The van der Waals surface area contributed by atoms with Crippen molar-refractivity contribution in [3.63, 3.8) is 0 Å². The van der Waals surface area contributed by atoms with Gasteiger partial charge in [0.05, 0.1) is 146 Å². The van der Waals surface area contributed by atoms with E-state index in [0.29, 0.717) is 108 Å². The lowest BCUT2D eigenvalue weighted by atomic mass is 9.47. The molecule has 0 radical (unpaired) electrons. The number of ether oxygens (including phenoxy) is 11. The molecule has 3 unspecified atom stereocenters. The van der Waals surface area contributed by atoms with Crippen molar-refractivity contribution in [2.75, 3.05) is 154 Å². The van der Waals surface area contributed by atoms with Gasteiger partial charge in [0.2, 0.25) is 0 Å². The highest BCUT2D eigenvalue weighted by Gasteiger charge is 2.59. The Morgan fingerprint density at radius 2 is 1.23 bits per heavy atom. The standard InChI is InChI=1S/C57H102NO18P/c1-44(2)11-10-12-45(3)50-15-16-51-49-14-13-46-41-47(19-22-56(46,4)52(49)20-23-57(50,51)5)75-54(60)18-17-53(59)72-42-48(43-74-77(62,63)73-26-24-58(6,7)8)76-55(61)21-25-65-29-30-67-33-34-69-37-38-71-40-39-70-36-35-68-32-31-66-28-27-64-9/h13,44-45,47-52H,10-12,14-43H2,1-9H3/p+1/t45-,47?,48?,49+,50-,51+,52+,56+,57-/m0/s1. The SMILES string of the molecule is COCCOCCOCCOCCOCCOCCOCCOCCC(=O)OC(COC(=O)CCC(=O)OC1CC[C@]2(C)C(=CC[C@@H]3[C@H]4CC[C@@H]([C@@H](C)CCCC(C)C)[C@]4(C)CC[C@H]32)C1)COP(=O)(O)OCC[N+](C)(C)C. The summed E-state index contributed by atoms with van der Waals surface area (Å²) in [5.74, 6) is 2.63. The van der Waals surface area contributed by atoms with Crippen LogP contribution in [-0.4, -0.2) is 193 Å². The number of likely N-dealkylation sites (N-methyl/N-ethyl adjacent to an activating group) is 1. The molecule has 0 aromatic carbocycles. The molecule has 3 fully saturated rings. The van der Waals surface area contributed by atoms with Crippen molar-refractivity contribution in [1.82, 2.24) is 0 Å². The van der Waals surface area contributed by atoms with E-state index in [4.69, 9.17) is 61.2 Å². The summed E-state index contributed by atoms with van der Waals surface area (Å²) in [7, 11) is 2.81. The first kappa shape index (κ1) is 67.4. The van der Waals surface area contributed by atoms with Crippen LogP contribution in [0.15, 0.2) is 11.6 Å². The summed E-state index contributed by atoms with van der Waals surface area (Å²) >= 11 is 0. The Morgan fingerprint density at radius 3 is 1.81 bits per heavy atom. The van der Waals surface area contributed by atoms with E-state index in [9.17, 15) is 23.8 Å². The number of hydrogen-bond acceptors (Lipinski definition) is 17. The molecule has 19 nitrogen and oxygen atoms in total. The molecule has 10 atom stereocenters. The second-order valence-electron chi connectivity index (χ2n) is 23.6. The van der Waals surface area contributed by atoms with Gasteiger partial charge in [0.1, 0.15) is 25.9 Å². The van der Waals surface area contributed by atoms with Gasteiger partial charge in [-0.05, 0) is 91.3 Å². The third-order valence-corrected chi connectivity index (χ3v) is 17.4. The van der Waals surface area contributed by atoms with E-state index >= 15 is 0 Å². The normalized spacial score (nSPS) is 25.8. The molecule has 0 aliphatic heterocycles. The number of quaternary nitrogens is 1. The summed E-state index contributed by atoms with van der Waals surface area (Å²) in [4.78, 5) is 49.2. The minimum absolute atomic E-state index is 0.0103. The highest BCUT2D eigenvalue weighted by atomic mass is 31.2. The third-order valence-electron chi connectivity index (χ3n) is 16.4. The highest BCUT2D eigenvalue weighted by Crippen LogP contribution is 2.67. The molecule has 4 aliphatic rings. The maximum atomic E-state index is 13.1. The number of esters is 3. The first-order valence-corrected chi connectivity index (χ1v) is 30.5. The predicted octanol–water partition coefficient (Wildman–Crippen LogP) is 8.17. The Bertz CT molecular complexity index is 1760. The molecule has 0 amide bonds. The fraction of sp³-hybridized carbons (Fsp3) is 0.912. The van der Waals surface area contributed by atoms with Gasteiger partial charge < -0.3 is 61.5 Å². The van der Waals surface area contributed by atoms with Crippen LogP contribution < -0.4 is 0 Å². The van der Waals surface area contributed by atoms with Crippen molar-refractivity contribution >= 4 is 25.7 Å². The number of phosphoric acid groups is 1. The van der Waals surface area contributed by atoms with E-state index in [0.717, 1.165) is 49.4 Å². The summed E-state index contributed by atoms with van der Waals surface area (Å²) in [6.07, 6.45) is 13.4. The molecule has 448 valence electrons. The van der Waals surface area contributed by atoms with Gasteiger partial charge in [-0.2, -0.15) is 0 Å². The maximum Gasteiger partial charge on any atom is 0.472 e. The van der Waals surface area contributed by atoms with E-state index in [-0.39, 0.29) is 57.2 Å². The Morgan fingerprint density at radius 1 is 0.662 bits per heavy atom. The van der Waals surface area contributed by atoms with Crippen LogP contribution in [0.2, 0.25) is 0 Å². The quantitative estimate of drug-likeness (QED) is 0.0152. The topological polar surface area (TPSA) is 208 Å². The average Bonchev–Trinajstić information content (AvgIpc) is 3.95. The fourth-order valence-electron chi connectivity index (χ4n) is 12.2. The molecule has 20 heteroatoms. The van der Waals surface area contributed by atoms with Crippen molar-refractivity contribution in [3.8, 4) is 0 Å². The Hall–Kier alpha value is -2.10. The van der Waals surface area contributed by atoms with E-state index in [2.05, 4.69) is 40.7 Å². The van der Waals surface area contributed by atoms with Crippen molar-refractivity contribution in [2.45, 2.75) is 137 Å². The number of hydrogen-bond donors (Lipinski definition) is 1. The van der Waals surface area contributed by atoms with Crippen molar-refractivity contribution in [1.29, 1.82) is 0 Å². The van der Waals surface area contributed by atoms with E-state index in [1.165, 1.54) is 50.5 Å². The summed E-state index contributed by atoms with van der Waals surface area (Å²) < 4.78 is 83.5. The van der Waals surface area contributed by atoms with Gasteiger partial charge in [-0.25, -0.2) is 4.57 Å². The summed E-state index contributed by atoms with van der Waals surface area (Å²) in [5, 5.41) is 0. The zero-order valence-electron chi connectivity index (χ0n) is 48.8. The molecule has 3 saturated carbocycles. The van der Waals surface area contributed by atoms with Crippen LogP contribution in [0.25, 0.3) is 0 Å². The lowest BCUT2D eigenvalue weighted by molar-refractivity contribution is -0.870. The lowest BCUT2D eigenvalue weighted by Crippen LogP contribution is -2.51. The lowest BCUT2D eigenvalue weighted by Gasteiger charge is -2.58. The molecule has 0 aromatic rings. The zero-order valence-corrected chi connectivity index (χ0v) is 49.7. The number of phosphoric ester groups is 1. The number of carbonyl (C=O) groups is 3. The summed E-state index contributed by atoms with van der Waals surface area (Å²) in [5.41, 5.74) is 1.98. The monoisotopic (exact) mass is 1120 g/mol. The van der Waals surface area contributed by atoms with E-state index < -0.39 is 45.0 Å². The summed E-state index contributed by atoms with van der Waals surface area (Å²) in [6, 6.07) is 0. The van der Waals surface area contributed by atoms with Crippen LogP contribution in [0.1, 0.15) is 125 Å². The second kappa shape index (κ2) is 35.7. The molecule has 0 aromatic heterocycles. The highest BCUT2D eigenvalue weighted by molar-refractivity contribution is 7.47. The number of nitrogens with zero attached hydrogens (tertiary/aromatic N) is 1. The molecule has 1 N–H and O–H groups in total. The summed E-state index contributed by atoms with van der Waals surface area (Å²) in [6.45, 7) is 17.6. The van der Waals surface area contributed by atoms with Gasteiger partial charge in [0.25, 0.3) is 0 Å². The first-order valence-electron chi connectivity index (χ1n) is 29.0. The molecular weight excluding hydrogens is 1020 g/mol. The molecule has 77 heavy (non-hydrogen) atoms. The molecule has 4 rings (SSSR count). The van der Waals surface area contributed by atoms with Crippen molar-refractivity contribution < 1.29 is 89.5 Å². The van der Waals surface area contributed by atoms with E-state index in [1.54, 1.807) is 7.11 Å². The number of allylic oxidation sites excluding steroid dienone is 1. The van der Waals surface area contributed by atoms with Gasteiger partial charge >= 0.3 is 25.7 Å². The minimum atomic E-state index is -4.54. The van der Waals surface area contributed by atoms with Crippen molar-refractivity contribution in [3.05, 3.63) is 11.6 Å². The fourth-order valence-corrected chi connectivity index (χ4v) is 12.9. The van der Waals surface area contributed by atoms with Crippen LogP contribution in [-0.2, 0) is 80.1 Å². The van der Waals surface area contributed by atoms with Gasteiger partial charge in [0, 0.05) is 13.5 Å². The third kappa shape index (κ3) is 25.3. The smallest absolute Gasteiger partial charge is 0.462 e. The molecule has 0 saturated heterocycles. The van der Waals surface area contributed by atoms with Crippen LogP contribution in [0.5, 0.6) is 0 Å². The van der Waals surface area contributed by atoms with Crippen LogP contribution in [0.4, 0.5) is 0 Å². The predicted molar refractivity (Wildman–Crippen MR) is 290 cm³/mol.